The number of fused-ring (bicyclic) bond motifs is 2. The van der Waals surface area contributed by atoms with E-state index in [1.807, 2.05) is 13.8 Å². The quantitative estimate of drug-likeness (QED) is 0.240. The molecular formula is C30H38N2O12S. The molecule has 2 saturated heterocycles. The van der Waals surface area contributed by atoms with E-state index in [0.29, 0.717) is 30.1 Å². The van der Waals surface area contributed by atoms with Crippen LogP contribution in [0.5, 0.6) is 17.2 Å². The van der Waals surface area contributed by atoms with Gasteiger partial charge >= 0.3 is 12.1 Å². The zero-order valence-electron chi connectivity index (χ0n) is 25.2. The van der Waals surface area contributed by atoms with E-state index in [4.69, 9.17) is 28.6 Å². The van der Waals surface area contributed by atoms with Crippen LogP contribution in [-0.4, -0.2) is 87.5 Å². The van der Waals surface area contributed by atoms with E-state index in [2.05, 4.69) is 10.2 Å². The molecule has 3 aliphatic rings. The van der Waals surface area contributed by atoms with Crippen LogP contribution >= 0.6 is 0 Å². The molecule has 2 aromatic rings. The molecule has 5 rings (SSSR count). The molecule has 0 saturated carbocycles. The van der Waals surface area contributed by atoms with E-state index in [1.54, 1.807) is 24.3 Å². The van der Waals surface area contributed by atoms with Gasteiger partial charge in [0.25, 0.3) is 0 Å². The Balaban J connectivity index is 1.34. The molecule has 14 nitrogen and oxygen atoms in total. The molecule has 3 aliphatic heterocycles. The van der Waals surface area contributed by atoms with Crippen LogP contribution in [0.3, 0.4) is 0 Å². The van der Waals surface area contributed by atoms with Crippen molar-refractivity contribution < 1.29 is 56.6 Å². The number of rotatable bonds is 13. The second-order valence-electron chi connectivity index (χ2n) is 11.5. The average Bonchev–Trinajstić information content (AvgIpc) is 3.74. The molecule has 2 aromatic carbocycles. The fourth-order valence-electron chi connectivity index (χ4n) is 5.40. The van der Waals surface area contributed by atoms with Gasteiger partial charge in [-0.15, -0.1) is 0 Å². The van der Waals surface area contributed by atoms with Crippen LogP contribution < -0.4 is 19.7 Å². The molecule has 0 aliphatic carbocycles. The minimum absolute atomic E-state index is 0.00499. The zero-order valence-corrected chi connectivity index (χ0v) is 26.1. The highest BCUT2D eigenvalue weighted by atomic mass is 32.2. The van der Waals surface area contributed by atoms with E-state index in [-0.39, 0.29) is 55.4 Å². The predicted molar refractivity (Wildman–Crippen MR) is 156 cm³/mol. The fraction of sp³-hybridized carbons (Fsp3) is 0.533. The largest absolute Gasteiger partial charge is 0.454 e. The first-order valence-corrected chi connectivity index (χ1v) is 16.2. The SMILES string of the molecule is CC(=O)OOc1ccc(C[C@H](NC(=O)O[C@H]2CO[C@H]3OCC[C@H]32)[C@H](O)CN(CC(C)C)S(=O)(=O)c2ccc3c(c2)OCO3)cc1. The van der Waals surface area contributed by atoms with E-state index >= 15 is 0 Å². The summed E-state index contributed by atoms with van der Waals surface area (Å²) < 4.78 is 56.3. The number of carbonyl (C=O) groups is 2. The Morgan fingerprint density at radius 2 is 1.82 bits per heavy atom. The van der Waals surface area contributed by atoms with E-state index in [0.717, 1.165) is 0 Å². The molecule has 1 amide bonds. The number of benzene rings is 2. The lowest BCUT2D eigenvalue weighted by atomic mass is 10.0. The topological polar surface area (TPSA) is 168 Å². The number of amides is 1. The number of nitrogens with zero attached hydrogens (tertiary/aromatic N) is 1. The monoisotopic (exact) mass is 650 g/mol. The number of sulfonamides is 1. The van der Waals surface area contributed by atoms with Crippen LogP contribution in [0.25, 0.3) is 0 Å². The second kappa shape index (κ2) is 14.2. The van der Waals surface area contributed by atoms with Crippen molar-refractivity contribution >= 4 is 22.1 Å². The van der Waals surface area contributed by atoms with Gasteiger partial charge in [-0.1, -0.05) is 26.0 Å². The van der Waals surface area contributed by atoms with Crippen molar-refractivity contribution in [2.45, 2.75) is 63.0 Å². The summed E-state index contributed by atoms with van der Waals surface area (Å²) in [5.74, 6) is 0.249. The van der Waals surface area contributed by atoms with Crippen molar-refractivity contribution in [3.63, 3.8) is 0 Å². The zero-order chi connectivity index (χ0) is 32.1. The molecule has 45 heavy (non-hydrogen) atoms. The van der Waals surface area contributed by atoms with Crippen LogP contribution in [0.15, 0.2) is 47.4 Å². The Morgan fingerprint density at radius 1 is 1.07 bits per heavy atom. The maximum Gasteiger partial charge on any atom is 0.407 e. The van der Waals surface area contributed by atoms with Crippen molar-refractivity contribution in [1.82, 2.24) is 9.62 Å². The average molecular weight is 651 g/mol. The van der Waals surface area contributed by atoms with Gasteiger partial charge in [0, 0.05) is 26.1 Å². The predicted octanol–water partition coefficient (Wildman–Crippen LogP) is 2.38. The maximum absolute atomic E-state index is 13.8. The molecule has 3 heterocycles. The highest BCUT2D eigenvalue weighted by Gasteiger charge is 2.44. The highest BCUT2D eigenvalue weighted by Crippen LogP contribution is 2.35. The van der Waals surface area contributed by atoms with Gasteiger partial charge in [-0.3, -0.25) is 9.78 Å². The lowest BCUT2D eigenvalue weighted by molar-refractivity contribution is -0.210. The van der Waals surface area contributed by atoms with Gasteiger partial charge in [0.1, 0.15) is 6.10 Å². The fourth-order valence-corrected chi connectivity index (χ4v) is 7.03. The lowest BCUT2D eigenvalue weighted by Gasteiger charge is -2.31. The van der Waals surface area contributed by atoms with Crippen molar-refractivity contribution in [3.05, 3.63) is 48.0 Å². The lowest BCUT2D eigenvalue weighted by Crippen LogP contribution is -2.51. The molecular weight excluding hydrogens is 612 g/mol. The van der Waals surface area contributed by atoms with Gasteiger partial charge in [-0.05, 0) is 48.6 Å². The molecule has 2 N–H and O–H groups in total. The van der Waals surface area contributed by atoms with E-state index in [1.165, 1.54) is 29.4 Å². The third-order valence-corrected chi connectivity index (χ3v) is 9.41. The first-order chi connectivity index (χ1) is 21.5. The first-order valence-electron chi connectivity index (χ1n) is 14.7. The molecule has 0 spiro atoms. The van der Waals surface area contributed by atoms with Gasteiger partial charge in [0.05, 0.1) is 36.2 Å². The standard InChI is InChI=1S/C30H38N2O12S/c1-18(2)14-32(45(36,37)22-8-9-26-27(13-22)41-17-40-26)15-25(34)24(12-20-4-6-21(7-5-20)44-43-19(3)33)31-30(35)42-28-16-39-29-23(28)10-11-38-29/h4-9,13,18,23-25,28-29,34H,10-12,14-17H2,1-3H3,(H,31,35)/t23-,24-,25+,28-,29+/m0/s1. The second-order valence-corrected chi connectivity index (χ2v) is 13.5. The summed E-state index contributed by atoms with van der Waals surface area (Å²) in [6.45, 7) is 5.42. The normalized spacial score (nSPS) is 21.8. The molecule has 5 atom stereocenters. The Bertz CT molecular complexity index is 1450. The third kappa shape index (κ3) is 8.16. The number of aliphatic hydroxyl groups is 1. The number of nitrogens with one attached hydrogen (secondary N) is 1. The van der Waals surface area contributed by atoms with Gasteiger partial charge in [-0.2, -0.15) is 4.31 Å². The minimum atomic E-state index is -4.09. The molecule has 15 heteroatoms. The summed E-state index contributed by atoms with van der Waals surface area (Å²) in [6, 6.07) is 9.86. The summed E-state index contributed by atoms with van der Waals surface area (Å²) >= 11 is 0. The summed E-state index contributed by atoms with van der Waals surface area (Å²) in [7, 11) is -4.09. The number of carbonyl (C=O) groups excluding carboxylic acids is 2. The van der Waals surface area contributed by atoms with Gasteiger partial charge in [0.15, 0.2) is 23.5 Å². The van der Waals surface area contributed by atoms with Crippen molar-refractivity contribution in [3.8, 4) is 17.2 Å². The summed E-state index contributed by atoms with van der Waals surface area (Å²) in [5, 5.41) is 14.3. The minimum Gasteiger partial charge on any atom is -0.454 e. The molecule has 246 valence electrons. The van der Waals surface area contributed by atoms with Gasteiger partial charge in [-0.25, -0.2) is 18.0 Å². The van der Waals surface area contributed by atoms with Crippen LogP contribution in [0.4, 0.5) is 4.79 Å². The highest BCUT2D eigenvalue weighted by molar-refractivity contribution is 7.89. The summed E-state index contributed by atoms with van der Waals surface area (Å²) in [5.41, 5.74) is 0.678. The van der Waals surface area contributed by atoms with Crippen LogP contribution in [0.1, 0.15) is 32.8 Å². The third-order valence-electron chi connectivity index (χ3n) is 7.59. The Hall–Kier alpha value is -3.63. The van der Waals surface area contributed by atoms with Crippen LogP contribution in [0.2, 0.25) is 0 Å². The van der Waals surface area contributed by atoms with Gasteiger partial charge in [0.2, 0.25) is 16.8 Å². The molecule has 0 bridgehead atoms. The number of hydrogen-bond acceptors (Lipinski definition) is 12. The number of aliphatic hydroxyl groups excluding tert-OH is 1. The first kappa shape index (κ1) is 32.8. The number of alkyl carbamates (subject to hydrolysis) is 1. The molecule has 0 aromatic heterocycles. The van der Waals surface area contributed by atoms with E-state index < -0.39 is 46.6 Å². The molecule has 2 fully saturated rings. The van der Waals surface area contributed by atoms with Crippen LogP contribution in [0, 0.1) is 11.8 Å². The van der Waals surface area contributed by atoms with Crippen LogP contribution in [-0.2, 0) is 40.3 Å². The van der Waals surface area contributed by atoms with E-state index in [9.17, 15) is 23.1 Å². The Kier molecular flexibility index (Phi) is 10.3. The molecule has 0 unspecified atom stereocenters. The van der Waals surface area contributed by atoms with Gasteiger partial charge < -0.3 is 34.1 Å². The summed E-state index contributed by atoms with van der Waals surface area (Å²) in [6.07, 6.45) is -2.25. The maximum atomic E-state index is 13.8. The van der Waals surface area contributed by atoms with Crippen molar-refractivity contribution in [1.29, 1.82) is 0 Å². The Labute approximate surface area is 261 Å². The smallest absolute Gasteiger partial charge is 0.407 e. The number of hydrogen-bond donors (Lipinski definition) is 2. The van der Waals surface area contributed by atoms with Crippen molar-refractivity contribution in [2.24, 2.45) is 11.8 Å². The summed E-state index contributed by atoms with van der Waals surface area (Å²) in [4.78, 5) is 33.7. The number of ether oxygens (including phenoxy) is 5. The Morgan fingerprint density at radius 3 is 2.56 bits per heavy atom. The molecule has 0 radical (unpaired) electrons. The van der Waals surface area contributed by atoms with Crippen molar-refractivity contribution in [2.75, 3.05) is 33.1 Å².